The molecule has 0 saturated heterocycles. The van der Waals surface area contributed by atoms with Gasteiger partial charge in [-0.2, -0.15) is 0 Å². The number of halogens is 1. The van der Waals surface area contributed by atoms with Gasteiger partial charge in [-0.3, -0.25) is 9.59 Å². The van der Waals surface area contributed by atoms with Gasteiger partial charge in [-0.1, -0.05) is 32.0 Å². The molecule has 2 rings (SSSR count). The number of thioether (sulfide) groups is 1. The van der Waals surface area contributed by atoms with E-state index in [-0.39, 0.29) is 18.3 Å². The third-order valence-corrected chi connectivity index (χ3v) is 6.81. The van der Waals surface area contributed by atoms with E-state index >= 15 is 0 Å². The molecule has 1 unspecified atom stereocenters. The average molecular weight is 463 g/mol. The summed E-state index contributed by atoms with van der Waals surface area (Å²) in [4.78, 5) is 25.1. The molecule has 0 bridgehead atoms. The standard InChI is InChI=1S/C25H31ClO4S/c1-7-30-25(28)24(23(27)15(2)3)31-14-18-9-10-19(29-6)12-21(18)20-11-8-16(4)22(13-26)17(20)5/h8-12,15,24H,7,13-14H2,1-6H3. The summed E-state index contributed by atoms with van der Waals surface area (Å²) in [6, 6.07) is 10.0. The highest BCUT2D eigenvalue weighted by Gasteiger charge is 2.30. The highest BCUT2D eigenvalue weighted by Crippen LogP contribution is 2.36. The van der Waals surface area contributed by atoms with Gasteiger partial charge in [0, 0.05) is 17.6 Å². The number of esters is 1. The summed E-state index contributed by atoms with van der Waals surface area (Å²) in [5, 5.41) is -0.840. The van der Waals surface area contributed by atoms with E-state index in [0.29, 0.717) is 11.6 Å². The zero-order valence-electron chi connectivity index (χ0n) is 19.1. The minimum atomic E-state index is -0.840. The van der Waals surface area contributed by atoms with Crippen LogP contribution in [0.3, 0.4) is 0 Å². The number of rotatable bonds is 10. The topological polar surface area (TPSA) is 52.6 Å². The number of benzene rings is 2. The van der Waals surface area contributed by atoms with Crippen molar-refractivity contribution in [3.8, 4) is 16.9 Å². The molecule has 0 aliphatic rings. The van der Waals surface area contributed by atoms with Gasteiger partial charge in [-0.25, -0.2) is 0 Å². The highest BCUT2D eigenvalue weighted by atomic mass is 35.5. The van der Waals surface area contributed by atoms with Gasteiger partial charge in [0.05, 0.1) is 13.7 Å². The van der Waals surface area contributed by atoms with Gasteiger partial charge in [0.1, 0.15) is 5.75 Å². The Kier molecular flexibility index (Phi) is 9.45. The summed E-state index contributed by atoms with van der Waals surface area (Å²) >= 11 is 7.52. The van der Waals surface area contributed by atoms with Crippen LogP contribution in [0.2, 0.25) is 0 Å². The number of ketones is 1. The molecule has 2 aromatic carbocycles. The van der Waals surface area contributed by atoms with Crippen molar-refractivity contribution in [3.63, 3.8) is 0 Å². The van der Waals surface area contributed by atoms with Crippen LogP contribution < -0.4 is 4.74 Å². The van der Waals surface area contributed by atoms with Crippen molar-refractivity contribution in [1.82, 2.24) is 0 Å². The van der Waals surface area contributed by atoms with Crippen LogP contribution in [0.15, 0.2) is 30.3 Å². The molecule has 0 N–H and O–H groups in total. The summed E-state index contributed by atoms with van der Waals surface area (Å²) < 4.78 is 10.6. The second-order valence-corrected chi connectivity index (χ2v) is 9.05. The zero-order valence-corrected chi connectivity index (χ0v) is 20.7. The van der Waals surface area contributed by atoms with Crippen molar-refractivity contribution in [3.05, 3.63) is 52.6 Å². The minimum Gasteiger partial charge on any atom is -0.497 e. The van der Waals surface area contributed by atoms with Crippen molar-refractivity contribution >= 4 is 35.1 Å². The normalized spacial score (nSPS) is 12.0. The van der Waals surface area contributed by atoms with Gasteiger partial charge in [0.2, 0.25) is 0 Å². The fourth-order valence-electron chi connectivity index (χ4n) is 3.41. The fourth-order valence-corrected chi connectivity index (χ4v) is 5.06. The second kappa shape index (κ2) is 11.6. The fraction of sp³-hybridized carbons (Fsp3) is 0.440. The predicted molar refractivity (Wildman–Crippen MR) is 129 cm³/mol. The smallest absolute Gasteiger partial charge is 0.326 e. The van der Waals surface area contributed by atoms with Gasteiger partial charge in [0.15, 0.2) is 11.0 Å². The van der Waals surface area contributed by atoms with Crippen LogP contribution in [0.4, 0.5) is 0 Å². The van der Waals surface area contributed by atoms with Crippen LogP contribution >= 0.6 is 23.4 Å². The molecule has 31 heavy (non-hydrogen) atoms. The first-order chi connectivity index (χ1) is 14.7. The third-order valence-electron chi connectivity index (χ3n) is 5.31. The maximum atomic E-state index is 12.7. The van der Waals surface area contributed by atoms with E-state index in [0.717, 1.165) is 39.1 Å². The lowest BCUT2D eigenvalue weighted by atomic mass is 9.91. The average Bonchev–Trinajstić information content (AvgIpc) is 2.74. The Balaban J connectivity index is 2.46. The number of Topliss-reactive ketones (excluding diaryl/α,β-unsaturated/α-hetero) is 1. The Morgan fingerprint density at radius 1 is 1.10 bits per heavy atom. The molecular formula is C25H31ClO4S. The van der Waals surface area contributed by atoms with Crippen molar-refractivity contribution in [2.24, 2.45) is 5.92 Å². The van der Waals surface area contributed by atoms with Gasteiger partial charge in [-0.15, -0.1) is 23.4 Å². The Morgan fingerprint density at radius 2 is 1.81 bits per heavy atom. The van der Waals surface area contributed by atoms with E-state index in [2.05, 4.69) is 26.0 Å². The lowest BCUT2D eigenvalue weighted by Gasteiger charge is -2.19. The molecular weight excluding hydrogens is 432 g/mol. The third kappa shape index (κ3) is 6.05. The molecule has 0 amide bonds. The second-order valence-electron chi connectivity index (χ2n) is 7.69. The number of carbonyl (C=O) groups is 2. The van der Waals surface area contributed by atoms with Crippen molar-refractivity contribution < 1.29 is 19.1 Å². The molecule has 2 aromatic rings. The van der Waals surface area contributed by atoms with Crippen molar-refractivity contribution in [1.29, 1.82) is 0 Å². The number of aryl methyl sites for hydroxylation is 1. The molecule has 1 atom stereocenters. The quantitative estimate of drug-likeness (QED) is 0.242. The van der Waals surface area contributed by atoms with Gasteiger partial charge in [0.25, 0.3) is 0 Å². The molecule has 0 heterocycles. The monoisotopic (exact) mass is 462 g/mol. The van der Waals surface area contributed by atoms with Gasteiger partial charge < -0.3 is 9.47 Å². The van der Waals surface area contributed by atoms with Crippen LogP contribution in [0.25, 0.3) is 11.1 Å². The molecule has 0 fully saturated rings. The van der Waals surface area contributed by atoms with Gasteiger partial charge >= 0.3 is 5.97 Å². The molecule has 0 spiro atoms. The number of methoxy groups -OCH3 is 1. The minimum absolute atomic E-state index is 0.116. The van der Waals surface area contributed by atoms with Crippen molar-refractivity contribution in [2.45, 2.75) is 51.5 Å². The highest BCUT2D eigenvalue weighted by molar-refractivity contribution is 8.00. The molecule has 4 nitrogen and oxygen atoms in total. The zero-order chi connectivity index (χ0) is 23.1. The van der Waals surface area contributed by atoms with Crippen molar-refractivity contribution in [2.75, 3.05) is 13.7 Å². The summed E-state index contributed by atoms with van der Waals surface area (Å²) in [5.41, 5.74) is 6.48. The molecule has 0 radical (unpaired) electrons. The first-order valence-corrected chi connectivity index (χ1v) is 12.0. The molecule has 6 heteroatoms. The number of hydrogen-bond donors (Lipinski definition) is 0. The molecule has 168 valence electrons. The predicted octanol–water partition coefficient (Wildman–Crippen LogP) is 6.11. The first kappa shape index (κ1) is 25.3. The van der Waals surface area contributed by atoms with E-state index in [9.17, 15) is 9.59 Å². The summed E-state index contributed by atoms with van der Waals surface area (Å²) in [5.74, 6) is 0.837. The Hall–Kier alpha value is -1.98. The number of hydrogen-bond acceptors (Lipinski definition) is 5. The van der Waals surface area contributed by atoms with Crippen LogP contribution in [0.5, 0.6) is 5.75 Å². The van der Waals surface area contributed by atoms with Crippen LogP contribution in [0.1, 0.15) is 43.0 Å². The first-order valence-electron chi connectivity index (χ1n) is 10.4. The van der Waals surface area contributed by atoms with E-state index < -0.39 is 11.2 Å². The largest absolute Gasteiger partial charge is 0.497 e. The lowest BCUT2D eigenvalue weighted by Crippen LogP contribution is -2.32. The van der Waals surface area contributed by atoms with E-state index in [1.807, 2.05) is 18.2 Å². The van der Waals surface area contributed by atoms with Crippen LogP contribution in [-0.2, 0) is 26.0 Å². The molecule has 0 aromatic heterocycles. The lowest BCUT2D eigenvalue weighted by molar-refractivity contribution is -0.145. The Bertz CT molecular complexity index is 939. The van der Waals surface area contributed by atoms with E-state index in [1.54, 1.807) is 27.9 Å². The summed E-state index contributed by atoms with van der Waals surface area (Å²) in [6.07, 6.45) is 0. The summed E-state index contributed by atoms with van der Waals surface area (Å²) in [6.45, 7) is 9.72. The Morgan fingerprint density at radius 3 is 2.39 bits per heavy atom. The number of alkyl halides is 1. The number of carbonyl (C=O) groups excluding carboxylic acids is 2. The van der Waals surface area contributed by atoms with E-state index in [4.69, 9.17) is 21.1 Å². The summed E-state index contributed by atoms with van der Waals surface area (Å²) in [7, 11) is 1.64. The Labute approximate surface area is 194 Å². The van der Waals surface area contributed by atoms with Crippen LogP contribution in [-0.4, -0.2) is 30.7 Å². The molecule has 0 aliphatic heterocycles. The van der Waals surface area contributed by atoms with Gasteiger partial charge in [-0.05, 0) is 66.3 Å². The maximum absolute atomic E-state index is 12.7. The molecule has 0 aliphatic carbocycles. The SMILES string of the molecule is CCOC(=O)C(SCc1ccc(OC)cc1-c1ccc(C)c(CCl)c1C)C(=O)C(C)C. The van der Waals surface area contributed by atoms with E-state index in [1.165, 1.54) is 11.8 Å². The number of ether oxygens (including phenoxy) is 2. The van der Waals surface area contributed by atoms with Crippen LogP contribution in [0, 0.1) is 19.8 Å². The maximum Gasteiger partial charge on any atom is 0.326 e. The molecule has 0 saturated carbocycles.